The second kappa shape index (κ2) is 8.48. The molecule has 9 heteroatoms. The number of benzene rings is 1. The van der Waals surface area contributed by atoms with E-state index in [2.05, 4.69) is 31.0 Å². The van der Waals surface area contributed by atoms with E-state index in [-0.39, 0.29) is 15.9 Å². The molecule has 1 aromatic carbocycles. The summed E-state index contributed by atoms with van der Waals surface area (Å²) in [6, 6.07) is 11.8. The lowest BCUT2D eigenvalue weighted by Gasteiger charge is -2.39. The zero-order chi connectivity index (χ0) is 21.1. The molecule has 0 aliphatic heterocycles. The van der Waals surface area contributed by atoms with Gasteiger partial charge in [0.25, 0.3) is 11.8 Å². The van der Waals surface area contributed by atoms with E-state index in [1.165, 1.54) is 12.1 Å². The Balaban J connectivity index is 2.35. The number of halogens is 1. The number of rotatable bonds is 5. The van der Waals surface area contributed by atoms with Gasteiger partial charge in [-0.3, -0.25) is 9.59 Å². The van der Waals surface area contributed by atoms with Crippen LogP contribution in [-0.4, -0.2) is 35.3 Å². The number of aromatic nitrogens is 2. The summed E-state index contributed by atoms with van der Waals surface area (Å²) < 4.78 is 6.33. The predicted molar refractivity (Wildman–Crippen MR) is 110 cm³/mol. The van der Waals surface area contributed by atoms with E-state index in [1.54, 1.807) is 24.3 Å². The largest absolute Gasteiger partial charge is 0.401 e. The SMILES string of the molecule is CC(C)(C)[Si](C)(C)OC(C(=O)N(N)C(=O)c1ccc(Cl)nn1)c1ccccc1. The van der Waals surface area contributed by atoms with Crippen LogP contribution in [0.3, 0.4) is 0 Å². The molecule has 1 aromatic heterocycles. The van der Waals surface area contributed by atoms with Crippen molar-refractivity contribution in [2.45, 2.75) is 45.0 Å². The highest BCUT2D eigenvalue weighted by molar-refractivity contribution is 6.74. The highest BCUT2D eigenvalue weighted by atomic mass is 35.5. The summed E-state index contributed by atoms with van der Waals surface area (Å²) >= 11 is 5.69. The minimum absolute atomic E-state index is 0.0839. The molecule has 1 heterocycles. The lowest BCUT2D eigenvalue weighted by Crippen LogP contribution is -2.50. The summed E-state index contributed by atoms with van der Waals surface area (Å²) in [6.45, 7) is 10.3. The van der Waals surface area contributed by atoms with Gasteiger partial charge >= 0.3 is 0 Å². The smallest absolute Gasteiger partial charge is 0.295 e. The molecule has 0 bridgehead atoms. The molecule has 7 nitrogen and oxygen atoms in total. The molecule has 0 aliphatic rings. The van der Waals surface area contributed by atoms with Crippen molar-refractivity contribution >= 4 is 31.7 Å². The highest BCUT2D eigenvalue weighted by Crippen LogP contribution is 2.40. The lowest BCUT2D eigenvalue weighted by atomic mass is 10.1. The number of hydrogen-bond acceptors (Lipinski definition) is 6. The van der Waals surface area contributed by atoms with E-state index >= 15 is 0 Å². The second-order valence-electron chi connectivity index (χ2n) is 7.92. The van der Waals surface area contributed by atoms with Crippen molar-refractivity contribution in [3.05, 3.63) is 58.9 Å². The Kier molecular flexibility index (Phi) is 6.71. The quantitative estimate of drug-likeness (QED) is 0.342. The van der Waals surface area contributed by atoms with Crippen molar-refractivity contribution in [1.29, 1.82) is 0 Å². The molecule has 2 N–H and O–H groups in total. The summed E-state index contributed by atoms with van der Waals surface area (Å²) in [5.74, 6) is 4.41. The summed E-state index contributed by atoms with van der Waals surface area (Å²) in [7, 11) is -2.34. The van der Waals surface area contributed by atoms with Gasteiger partial charge in [0.1, 0.15) is 0 Å². The Labute approximate surface area is 170 Å². The maximum absolute atomic E-state index is 13.1. The molecule has 1 atom stereocenters. The third-order valence-corrected chi connectivity index (χ3v) is 9.49. The van der Waals surface area contributed by atoms with Gasteiger partial charge < -0.3 is 4.43 Å². The summed E-state index contributed by atoms with van der Waals surface area (Å²) in [4.78, 5) is 25.7. The van der Waals surface area contributed by atoms with E-state index in [0.717, 1.165) is 0 Å². The topological polar surface area (TPSA) is 98.4 Å². The first-order valence-corrected chi connectivity index (χ1v) is 12.1. The zero-order valence-corrected chi connectivity index (χ0v) is 18.4. The summed E-state index contributed by atoms with van der Waals surface area (Å²) in [5, 5.41) is 7.83. The molecule has 150 valence electrons. The fraction of sp³-hybridized carbons (Fsp3) is 0.368. The maximum atomic E-state index is 13.1. The van der Waals surface area contributed by atoms with Crippen LogP contribution in [0.4, 0.5) is 0 Å². The van der Waals surface area contributed by atoms with Crippen molar-refractivity contribution < 1.29 is 14.0 Å². The summed E-state index contributed by atoms with van der Waals surface area (Å²) in [5.41, 5.74) is 0.544. The van der Waals surface area contributed by atoms with Crippen LogP contribution in [-0.2, 0) is 9.22 Å². The molecular formula is C19H25ClN4O3Si. The van der Waals surface area contributed by atoms with E-state index < -0.39 is 26.2 Å². The maximum Gasteiger partial charge on any atom is 0.295 e. The van der Waals surface area contributed by atoms with Crippen LogP contribution in [0.25, 0.3) is 0 Å². The highest BCUT2D eigenvalue weighted by Gasteiger charge is 2.42. The van der Waals surface area contributed by atoms with Gasteiger partial charge in [-0.15, -0.1) is 10.2 Å². The summed E-state index contributed by atoms with van der Waals surface area (Å²) in [6.07, 6.45) is -1.00. The minimum Gasteiger partial charge on any atom is -0.401 e. The first kappa shape index (κ1) is 22.2. The van der Waals surface area contributed by atoms with Crippen LogP contribution in [0.2, 0.25) is 23.3 Å². The van der Waals surface area contributed by atoms with E-state index in [0.29, 0.717) is 10.6 Å². The van der Waals surface area contributed by atoms with E-state index in [1.807, 2.05) is 19.2 Å². The number of amides is 2. The Morgan fingerprint density at radius 3 is 2.21 bits per heavy atom. The molecule has 1 unspecified atom stereocenters. The predicted octanol–water partition coefficient (Wildman–Crippen LogP) is 3.74. The third-order valence-electron chi connectivity index (χ3n) is 4.85. The number of nitrogens with two attached hydrogens (primary N) is 1. The number of imide groups is 1. The molecule has 0 aliphatic carbocycles. The van der Waals surface area contributed by atoms with Gasteiger partial charge in [0, 0.05) is 0 Å². The normalized spacial score (nSPS) is 13.1. The molecule has 0 spiro atoms. The zero-order valence-electron chi connectivity index (χ0n) is 16.6. The Morgan fingerprint density at radius 2 is 1.71 bits per heavy atom. The second-order valence-corrected chi connectivity index (χ2v) is 13.1. The Bertz CT molecular complexity index is 839. The van der Waals surface area contributed by atoms with Gasteiger partial charge in [-0.2, -0.15) is 0 Å². The average molecular weight is 421 g/mol. The van der Waals surface area contributed by atoms with Gasteiger partial charge in [0.05, 0.1) is 0 Å². The molecule has 28 heavy (non-hydrogen) atoms. The van der Waals surface area contributed by atoms with E-state index in [9.17, 15) is 9.59 Å². The van der Waals surface area contributed by atoms with Crippen molar-refractivity contribution in [1.82, 2.24) is 15.2 Å². The van der Waals surface area contributed by atoms with E-state index in [4.69, 9.17) is 21.9 Å². The van der Waals surface area contributed by atoms with Gasteiger partial charge in [0.15, 0.2) is 25.3 Å². The number of carbonyl (C=O) groups is 2. The van der Waals surface area contributed by atoms with Crippen LogP contribution < -0.4 is 5.84 Å². The Hall–Kier alpha value is -2.13. The number of carbonyl (C=O) groups excluding carboxylic acids is 2. The number of nitrogens with zero attached hydrogens (tertiary/aromatic N) is 3. The first-order valence-electron chi connectivity index (χ1n) is 8.79. The van der Waals surface area contributed by atoms with Crippen LogP contribution >= 0.6 is 11.6 Å². The molecule has 2 amide bonds. The molecule has 0 fully saturated rings. The van der Waals surface area contributed by atoms with Gasteiger partial charge in [0.2, 0.25) is 0 Å². The number of hydrazine groups is 1. The molecule has 0 radical (unpaired) electrons. The molecule has 0 saturated carbocycles. The van der Waals surface area contributed by atoms with Gasteiger partial charge in [-0.1, -0.05) is 62.7 Å². The molecule has 2 rings (SSSR count). The third kappa shape index (κ3) is 5.02. The number of hydrogen-bond donors (Lipinski definition) is 1. The first-order chi connectivity index (χ1) is 12.9. The lowest BCUT2D eigenvalue weighted by molar-refractivity contribution is -0.137. The van der Waals surface area contributed by atoms with Crippen molar-refractivity contribution in [3.8, 4) is 0 Å². The monoisotopic (exact) mass is 420 g/mol. The van der Waals surface area contributed by atoms with Gasteiger partial charge in [-0.05, 0) is 35.8 Å². The average Bonchev–Trinajstić information content (AvgIpc) is 2.65. The van der Waals surface area contributed by atoms with Gasteiger partial charge in [-0.25, -0.2) is 10.9 Å². The fourth-order valence-corrected chi connectivity index (χ4v) is 3.42. The molecule has 2 aromatic rings. The van der Waals surface area contributed by atoms with Crippen molar-refractivity contribution in [2.75, 3.05) is 0 Å². The van der Waals surface area contributed by atoms with Crippen molar-refractivity contribution in [3.63, 3.8) is 0 Å². The van der Waals surface area contributed by atoms with Crippen LogP contribution in [0.1, 0.15) is 42.9 Å². The van der Waals surface area contributed by atoms with Crippen LogP contribution in [0.5, 0.6) is 0 Å². The van der Waals surface area contributed by atoms with Crippen LogP contribution in [0, 0.1) is 0 Å². The van der Waals surface area contributed by atoms with Crippen LogP contribution in [0.15, 0.2) is 42.5 Å². The Morgan fingerprint density at radius 1 is 1.11 bits per heavy atom. The van der Waals surface area contributed by atoms with Crippen molar-refractivity contribution in [2.24, 2.45) is 5.84 Å². The standard InChI is InChI=1S/C19H25ClN4O3Si/c1-19(2,3)28(4,5)27-16(13-9-7-6-8-10-13)18(26)24(21)17(25)14-11-12-15(20)23-22-14/h6-12,16H,21H2,1-5H3. The molecular weight excluding hydrogens is 396 g/mol. The fourth-order valence-electron chi connectivity index (χ4n) is 2.14. The minimum atomic E-state index is -2.34. The molecule has 0 saturated heterocycles.